The molecule has 1 aromatic carbocycles. The number of carbonyl (C=O) groups is 3. The number of nitrogens with zero attached hydrogens (tertiary/aromatic N) is 1. The number of rotatable bonds is 3. The standard InChI is InChI=1S/C18H23NO5.ClH/c1-18(2,3)24-16(21)14-9-10-19(11-15(14)20)17(22)23-12-13-7-5-4-6-8-13;/h4-8,14H,9-12H2,1-3H3;1H. The van der Waals surface area contributed by atoms with Gasteiger partial charge in [0.15, 0.2) is 5.78 Å². The smallest absolute Gasteiger partial charge is 0.410 e. The Morgan fingerprint density at radius 2 is 1.84 bits per heavy atom. The van der Waals surface area contributed by atoms with Crippen LogP contribution in [0.2, 0.25) is 0 Å². The van der Waals surface area contributed by atoms with Crippen molar-refractivity contribution in [1.82, 2.24) is 4.90 Å². The van der Waals surface area contributed by atoms with Gasteiger partial charge in [-0.2, -0.15) is 0 Å². The van der Waals surface area contributed by atoms with Gasteiger partial charge in [0.1, 0.15) is 18.1 Å². The minimum Gasteiger partial charge on any atom is -0.459 e. The summed E-state index contributed by atoms with van der Waals surface area (Å²) in [6, 6.07) is 9.31. The molecular formula is C18H24ClNO5. The Kier molecular flexibility index (Phi) is 7.42. The van der Waals surface area contributed by atoms with Gasteiger partial charge >= 0.3 is 12.1 Å². The quantitative estimate of drug-likeness (QED) is 0.605. The molecule has 1 heterocycles. The third kappa shape index (κ3) is 6.38. The molecule has 0 aliphatic carbocycles. The molecule has 0 N–H and O–H groups in total. The molecule has 0 saturated carbocycles. The molecule has 1 saturated heterocycles. The van der Waals surface area contributed by atoms with Gasteiger partial charge in [0.25, 0.3) is 0 Å². The van der Waals surface area contributed by atoms with Crippen molar-refractivity contribution >= 4 is 30.3 Å². The van der Waals surface area contributed by atoms with Crippen LogP contribution in [-0.2, 0) is 25.7 Å². The van der Waals surface area contributed by atoms with E-state index in [9.17, 15) is 14.4 Å². The summed E-state index contributed by atoms with van der Waals surface area (Å²) in [5.41, 5.74) is 0.240. The Balaban J connectivity index is 0.00000312. The molecule has 138 valence electrons. The van der Waals surface area contributed by atoms with Gasteiger partial charge in [-0.25, -0.2) is 4.79 Å². The molecule has 0 aromatic heterocycles. The second-order valence-corrected chi connectivity index (χ2v) is 6.80. The summed E-state index contributed by atoms with van der Waals surface area (Å²) in [5, 5.41) is 0. The van der Waals surface area contributed by atoms with Gasteiger partial charge in [-0.15, -0.1) is 12.4 Å². The molecule has 6 nitrogen and oxygen atoms in total. The van der Waals surface area contributed by atoms with E-state index in [1.54, 1.807) is 20.8 Å². The zero-order valence-electron chi connectivity index (χ0n) is 14.7. The highest BCUT2D eigenvalue weighted by Crippen LogP contribution is 2.20. The second-order valence-electron chi connectivity index (χ2n) is 6.80. The Bertz CT molecular complexity index is 612. The van der Waals surface area contributed by atoms with Crippen LogP contribution in [0.15, 0.2) is 30.3 Å². The van der Waals surface area contributed by atoms with Crippen LogP contribution >= 0.6 is 12.4 Å². The van der Waals surface area contributed by atoms with E-state index in [-0.39, 0.29) is 37.8 Å². The van der Waals surface area contributed by atoms with Crippen LogP contribution in [0.4, 0.5) is 4.79 Å². The Morgan fingerprint density at radius 1 is 1.20 bits per heavy atom. The van der Waals surface area contributed by atoms with Gasteiger partial charge in [-0.05, 0) is 32.8 Å². The van der Waals surface area contributed by atoms with Crippen LogP contribution in [0.1, 0.15) is 32.8 Å². The molecule has 0 radical (unpaired) electrons. The third-order valence-corrected chi connectivity index (χ3v) is 3.58. The molecule has 1 aliphatic rings. The summed E-state index contributed by atoms with van der Waals surface area (Å²) in [7, 11) is 0. The normalized spacial score (nSPS) is 17.5. The van der Waals surface area contributed by atoms with Crippen LogP contribution < -0.4 is 0 Å². The highest BCUT2D eigenvalue weighted by molar-refractivity contribution is 6.01. The van der Waals surface area contributed by atoms with E-state index in [2.05, 4.69) is 0 Å². The molecule has 0 bridgehead atoms. The molecule has 25 heavy (non-hydrogen) atoms. The average Bonchev–Trinajstić information content (AvgIpc) is 2.51. The first kappa shape index (κ1) is 21.0. The van der Waals surface area contributed by atoms with Gasteiger partial charge in [0.2, 0.25) is 0 Å². The Morgan fingerprint density at radius 3 is 2.40 bits per heavy atom. The van der Waals surface area contributed by atoms with Gasteiger partial charge in [-0.1, -0.05) is 30.3 Å². The summed E-state index contributed by atoms with van der Waals surface area (Å²) in [5.74, 6) is -1.64. The zero-order chi connectivity index (χ0) is 17.7. The number of benzene rings is 1. The Labute approximate surface area is 153 Å². The van der Waals surface area contributed by atoms with E-state index in [0.29, 0.717) is 6.54 Å². The monoisotopic (exact) mass is 369 g/mol. The number of likely N-dealkylation sites (tertiary alicyclic amines) is 1. The second kappa shape index (κ2) is 8.85. The molecule has 1 amide bonds. The number of halogens is 1. The van der Waals surface area contributed by atoms with E-state index >= 15 is 0 Å². The fourth-order valence-electron chi connectivity index (χ4n) is 2.41. The van der Waals surface area contributed by atoms with Crippen LogP contribution in [0, 0.1) is 5.92 Å². The number of ketones is 1. The van der Waals surface area contributed by atoms with Crippen molar-refractivity contribution in [3.05, 3.63) is 35.9 Å². The van der Waals surface area contributed by atoms with Crippen molar-refractivity contribution in [2.75, 3.05) is 13.1 Å². The van der Waals surface area contributed by atoms with Crippen LogP contribution in [0.3, 0.4) is 0 Å². The summed E-state index contributed by atoms with van der Waals surface area (Å²) < 4.78 is 10.5. The topological polar surface area (TPSA) is 72.9 Å². The van der Waals surface area contributed by atoms with Crippen molar-refractivity contribution in [2.45, 2.75) is 39.4 Å². The third-order valence-electron chi connectivity index (χ3n) is 3.58. The summed E-state index contributed by atoms with van der Waals surface area (Å²) in [4.78, 5) is 37.6. The lowest BCUT2D eigenvalue weighted by Crippen LogP contribution is -2.47. The molecule has 2 rings (SSSR count). The van der Waals surface area contributed by atoms with Crippen LogP contribution in [0.25, 0.3) is 0 Å². The van der Waals surface area contributed by atoms with E-state index < -0.39 is 23.6 Å². The molecule has 1 fully saturated rings. The largest absolute Gasteiger partial charge is 0.459 e. The number of carbonyl (C=O) groups excluding carboxylic acids is 3. The van der Waals surface area contributed by atoms with E-state index in [4.69, 9.17) is 9.47 Å². The van der Waals surface area contributed by atoms with E-state index in [1.165, 1.54) is 4.90 Å². The lowest BCUT2D eigenvalue weighted by Gasteiger charge is -2.30. The Hall–Kier alpha value is -2.08. The number of hydrogen-bond donors (Lipinski definition) is 0. The molecule has 7 heteroatoms. The highest BCUT2D eigenvalue weighted by Gasteiger charge is 2.37. The van der Waals surface area contributed by atoms with Crippen molar-refractivity contribution < 1.29 is 23.9 Å². The first-order valence-electron chi connectivity index (χ1n) is 7.97. The maximum Gasteiger partial charge on any atom is 0.410 e. The highest BCUT2D eigenvalue weighted by atomic mass is 35.5. The zero-order valence-corrected chi connectivity index (χ0v) is 15.5. The number of amides is 1. The maximum absolute atomic E-state index is 12.2. The van der Waals surface area contributed by atoms with Crippen molar-refractivity contribution in [3.8, 4) is 0 Å². The van der Waals surface area contributed by atoms with Crippen LogP contribution in [0.5, 0.6) is 0 Å². The first-order chi connectivity index (χ1) is 11.3. The molecule has 0 spiro atoms. The predicted molar refractivity (Wildman–Crippen MR) is 94.4 cm³/mol. The number of piperidine rings is 1. The summed E-state index contributed by atoms with van der Waals surface area (Å²) >= 11 is 0. The van der Waals surface area contributed by atoms with Gasteiger partial charge in [0.05, 0.1) is 6.54 Å². The summed E-state index contributed by atoms with van der Waals surface area (Å²) in [6.07, 6.45) is -0.288. The molecule has 1 aromatic rings. The minimum atomic E-state index is -0.803. The van der Waals surface area contributed by atoms with Crippen molar-refractivity contribution in [2.24, 2.45) is 5.92 Å². The predicted octanol–water partition coefficient (Wildman–Crippen LogP) is 2.98. The average molecular weight is 370 g/mol. The fraction of sp³-hybridized carbons (Fsp3) is 0.500. The number of Topliss-reactive ketones (excluding diaryl/α,β-unsaturated/α-hetero) is 1. The van der Waals surface area contributed by atoms with Gasteiger partial charge in [0, 0.05) is 6.54 Å². The molecule has 1 atom stereocenters. The lowest BCUT2D eigenvalue weighted by atomic mass is 9.95. The fourth-order valence-corrected chi connectivity index (χ4v) is 2.41. The number of ether oxygens (including phenoxy) is 2. The molecule has 1 aliphatic heterocycles. The van der Waals surface area contributed by atoms with Gasteiger partial charge in [-0.3, -0.25) is 9.59 Å². The molecule has 1 unspecified atom stereocenters. The summed E-state index contributed by atoms with van der Waals surface area (Å²) in [6.45, 7) is 5.59. The van der Waals surface area contributed by atoms with Crippen molar-refractivity contribution in [3.63, 3.8) is 0 Å². The van der Waals surface area contributed by atoms with Crippen LogP contribution in [-0.4, -0.2) is 41.4 Å². The van der Waals surface area contributed by atoms with Gasteiger partial charge < -0.3 is 14.4 Å². The first-order valence-corrected chi connectivity index (χ1v) is 7.97. The van der Waals surface area contributed by atoms with E-state index in [1.807, 2.05) is 30.3 Å². The van der Waals surface area contributed by atoms with E-state index in [0.717, 1.165) is 5.56 Å². The number of hydrogen-bond acceptors (Lipinski definition) is 5. The maximum atomic E-state index is 12.2. The molecular weight excluding hydrogens is 346 g/mol. The SMILES string of the molecule is CC(C)(C)OC(=O)C1CCN(C(=O)OCc2ccccc2)CC1=O.Cl. The van der Waals surface area contributed by atoms with Crippen molar-refractivity contribution in [1.29, 1.82) is 0 Å². The minimum absolute atomic E-state index is 0. The number of esters is 1. The lowest BCUT2D eigenvalue weighted by molar-refractivity contribution is -0.163.